The summed E-state index contributed by atoms with van der Waals surface area (Å²) in [5.74, 6) is -0.291. The van der Waals surface area contributed by atoms with E-state index < -0.39 is 4.92 Å². The molecule has 8 heteroatoms. The predicted octanol–water partition coefficient (Wildman–Crippen LogP) is 5.73. The lowest BCUT2D eigenvalue weighted by Crippen LogP contribution is -2.14. The van der Waals surface area contributed by atoms with Gasteiger partial charge in [0.25, 0.3) is 11.6 Å². The zero-order valence-electron chi connectivity index (χ0n) is 17.4. The summed E-state index contributed by atoms with van der Waals surface area (Å²) in [5.41, 5.74) is 1.57. The zero-order chi connectivity index (χ0) is 23.2. The minimum atomic E-state index is -0.515. The molecule has 0 fully saturated rings. The van der Waals surface area contributed by atoms with Crippen LogP contribution in [0.5, 0.6) is 0 Å². The molecule has 4 aromatic carbocycles. The summed E-state index contributed by atoms with van der Waals surface area (Å²) in [7, 11) is 0. The summed E-state index contributed by atoms with van der Waals surface area (Å²) in [6.07, 6.45) is 0. The molecule has 0 radical (unpaired) electrons. The van der Waals surface area contributed by atoms with Crippen molar-refractivity contribution in [2.24, 2.45) is 0 Å². The number of anilines is 2. The molecule has 2 N–H and O–H groups in total. The second-order valence-electron chi connectivity index (χ2n) is 7.15. The van der Waals surface area contributed by atoms with E-state index in [4.69, 9.17) is 0 Å². The fourth-order valence-electron chi connectivity index (χ4n) is 3.27. The van der Waals surface area contributed by atoms with Gasteiger partial charge in [0.2, 0.25) is 5.91 Å². The number of carbonyl (C=O) groups excluding carboxylic acids is 2. The number of nitro groups is 1. The van der Waals surface area contributed by atoms with Crippen molar-refractivity contribution >= 4 is 51.4 Å². The number of hydrogen-bond acceptors (Lipinski definition) is 5. The Hall–Kier alpha value is -4.17. The first kappa shape index (κ1) is 22.0. The highest BCUT2D eigenvalue weighted by Gasteiger charge is 2.11. The number of fused-ring (bicyclic) bond motifs is 1. The smallest absolute Gasteiger partial charge is 0.269 e. The van der Waals surface area contributed by atoms with Crippen LogP contribution in [0.4, 0.5) is 17.1 Å². The average molecular weight is 458 g/mol. The molecule has 7 nitrogen and oxygen atoms in total. The molecule has 0 aromatic heterocycles. The number of nitrogens with one attached hydrogen (secondary N) is 2. The van der Waals surface area contributed by atoms with E-state index in [1.54, 1.807) is 18.2 Å². The van der Waals surface area contributed by atoms with Gasteiger partial charge in [-0.2, -0.15) is 0 Å². The molecular formula is C25H19N3O4S. The van der Waals surface area contributed by atoms with Gasteiger partial charge in [0.1, 0.15) is 0 Å². The molecule has 164 valence electrons. The van der Waals surface area contributed by atoms with Crippen LogP contribution < -0.4 is 10.6 Å². The van der Waals surface area contributed by atoms with E-state index in [-0.39, 0.29) is 23.3 Å². The Kier molecular flexibility index (Phi) is 6.66. The number of benzene rings is 4. The summed E-state index contributed by atoms with van der Waals surface area (Å²) in [6, 6.07) is 26.2. The number of thioether (sulfide) groups is 1. The van der Waals surface area contributed by atoms with Crippen molar-refractivity contribution in [2.75, 3.05) is 16.4 Å². The molecular weight excluding hydrogens is 438 g/mol. The van der Waals surface area contributed by atoms with Gasteiger partial charge in [-0.3, -0.25) is 19.7 Å². The van der Waals surface area contributed by atoms with Gasteiger partial charge >= 0.3 is 0 Å². The quantitative estimate of drug-likeness (QED) is 0.210. The number of nitrogens with zero attached hydrogens (tertiary/aromatic N) is 1. The number of rotatable bonds is 7. The first-order valence-electron chi connectivity index (χ1n) is 10.1. The van der Waals surface area contributed by atoms with Crippen LogP contribution in [0.15, 0.2) is 95.9 Å². The summed E-state index contributed by atoms with van der Waals surface area (Å²) < 4.78 is 0. The normalized spacial score (nSPS) is 10.5. The lowest BCUT2D eigenvalue weighted by Gasteiger charge is -2.10. The molecule has 33 heavy (non-hydrogen) atoms. The van der Waals surface area contributed by atoms with Gasteiger partial charge in [-0.1, -0.05) is 42.5 Å². The minimum Gasteiger partial charge on any atom is -0.325 e. The van der Waals surface area contributed by atoms with E-state index in [1.165, 1.54) is 36.0 Å². The molecule has 0 unspecified atom stereocenters. The van der Waals surface area contributed by atoms with Gasteiger partial charge in [0.05, 0.1) is 10.7 Å². The third-order valence-corrected chi connectivity index (χ3v) is 5.86. The van der Waals surface area contributed by atoms with Gasteiger partial charge in [0, 0.05) is 39.4 Å². The van der Waals surface area contributed by atoms with Crippen molar-refractivity contribution < 1.29 is 14.5 Å². The number of non-ortho nitro benzene ring substituents is 1. The van der Waals surface area contributed by atoms with Crippen LogP contribution in [0.3, 0.4) is 0 Å². The van der Waals surface area contributed by atoms with Crippen LogP contribution in [-0.4, -0.2) is 22.5 Å². The molecule has 0 saturated carbocycles. The number of carbonyl (C=O) groups is 2. The van der Waals surface area contributed by atoms with Crippen LogP contribution in [0.25, 0.3) is 10.8 Å². The Bertz CT molecular complexity index is 1330. The Balaban J connectivity index is 1.36. The van der Waals surface area contributed by atoms with E-state index >= 15 is 0 Å². The molecule has 2 amide bonds. The highest BCUT2D eigenvalue weighted by atomic mass is 32.2. The molecule has 0 spiro atoms. The summed E-state index contributed by atoms with van der Waals surface area (Å²) in [4.78, 5) is 36.0. The SMILES string of the molecule is O=C(CSc1cccc(NC(=O)c2ccc([N+](=O)[O-])cc2)c1)Nc1cccc2ccccc12. The fourth-order valence-corrected chi connectivity index (χ4v) is 4.03. The van der Waals surface area contributed by atoms with Crippen LogP contribution >= 0.6 is 11.8 Å². The van der Waals surface area contributed by atoms with E-state index in [0.29, 0.717) is 11.3 Å². The Morgan fingerprint density at radius 1 is 0.848 bits per heavy atom. The lowest BCUT2D eigenvalue weighted by molar-refractivity contribution is -0.384. The molecule has 0 atom stereocenters. The fraction of sp³-hybridized carbons (Fsp3) is 0.0400. The van der Waals surface area contributed by atoms with Crippen molar-refractivity contribution in [3.63, 3.8) is 0 Å². The third-order valence-electron chi connectivity index (χ3n) is 4.87. The molecule has 4 rings (SSSR count). The number of nitro benzene ring substituents is 1. The van der Waals surface area contributed by atoms with Gasteiger partial charge < -0.3 is 10.6 Å². The van der Waals surface area contributed by atoms with E-state index in [9.17, 15) is 19.7 Å². The lowest BCUT2D eigenvalue weighted by atomic mass is 10.1. The topological polar surface area (TPSA) is 101 Å². The zero-order valence-corrected chi connectivity index (χ0v) is 18.2. The highest BCUT2D eigenvalue weighted by molar-refractivity contribution is 8.00. The van der Waals surface area contributed by atoms with Crippen molar-refractivity contribution in [2.45, 2.75) is 4.90 Å². The summed E-state index contributed by atoms with van der Waals surface area (Å²) in [5, 5.41) is 18.5. The standard InChI is InChI=1S/C25H19N3O4S/c29-24(27-23-10-3-6-17-5-1-2-9-22(17)23)16-33-21-8-4-7-19(15-21)26-25(30)18-11-13-20(14-12-18)28(31)32/h1-15H,16H2,(H,26,30)(H,27,29). The van der Waals surface area contributed by atoms with Crippen molar-refractivity contribution in [1.82, 2.24) is 0 Å². The molecule has 0 heterocycles. The Morgan fingerprint density at radius 2 is 1.58 bits per heavy atom. The summed E-state index contributed by atoms with van der Waals surface area (Å²) >= 11 is 1.36. The molecule has 0 aliphatic heterocycles. The monoisotopic (exact) mass is 457 g/mol. The van der Waals surface area contributed by atoms with Crippen LogP contribution in [0, 0.1) is 10.1 Å². The predicted molar refractivity (Wildman–Crippen MR) is 131 cm³/mol. The third kappa shape index (κ3) is 5.55. The summed E-state index contributed by atoms with van der Waals surface area (Å²) in [6.45, 7) is 0. The maximum Gasteiger partial charge on any atom is 0.269 e. The second-order valence-corrected chi connectivity index (χ2v) is 8.20. The van der Waals surface area contributed by atoms with Gasteiger partial charge in [-0.25, -0.2) is 0 Å². The first-order valence-corrected chi connectivity index (χ1v) is 11.0. The van der Waals surface area contributed by atoms with Crippen LogP contribution in [0.2, 0.25) is 0 Å². The van der Waals surface area contributed by atoms with Crippen LogP contribution in [-0.2, 0) is 4.79 Å². The van der Waals surface area contributed by atoms with E-state index in [2.05, 4.69) is 10.6 Å². The van der Waals surface area contributed by atoms with Gasteiger partial charge in [0.15, 0.2) is 0 Å². The van der Waals surface area contributed by atoms with Crippen molar-refractivity contribution in [3.8, 4) is 0 Å². The molecule has 0 bridgehead atoms. The largest absolute Gasteiger partial charge is 0.325 e. The second kappa shape index (κ2) is 9.97. The van der Waals surface area contributed by atoms with E-state index in [1.807, 2.05) is 48.5 Å². The Morgan fingerprint density at radius 3 is 2.36 bits per heavy atom. The van der Waals surface area contributed by atoms with Crippen LogP contribution in [0.1, 0.15) is 10.4 Å². The number of amides is 2. The molecule has 4 aromatic rings. The molecule has 0 aliphatic carbocycles. The van der Waals surface area contributed by atoms with Crippen molar-refractivity contribution in [3.05, 3.63) is 107 Å². The van der Waals surface area contributed by atoms with Gasteiger partial charge in [-0.15, -0.1) is 11.8 Å². The Labute approximate surface area is 194 Å². The molecule has 0 aliphatic rings. The highest BCUT2D eigenvalue weighted by Crippen LogP contribution is 2.25. The van der Waals surface area contributed by atoms with Gasteiger partial charge in [-0.05, 0) is 41.8 Å². The first-order chi connectivity index (χ1) is 16.0. The van der Waals surface area contributed by atoms with Crippen molar-refractivity contribution in [1.29, 1.82) is 0 Å². The number of hydrogen-bond donors (Lipinski definition) is 2. The molecule has 0 saturated heterocycles. The maximum absolute atomic E-state index is 12.5. The van der Waals surface area contributed by atoms with E-state index in [0.717, 1.165) is 21.4 Å². The minimum absolute atomic E-state index is 0.0771. The maximum atomic E-state index is 12.5. The average Bonchev–Trinajstić information content (AvgIpc) is 2.83.